The Kier molecular flexibility index (Phi) is 3.77. The molecule has 3 heterocycles. The fourth-order valence-electron chi connectivity index (χ4n) is 3.10. The van der Waals surface area contributed by atoms with Gasteiger partial charge in [0.2, 0.25) is 5.95 Å². The van der Waals surface area contributed by atoms with Gasteiger partial charge >= 0.3 is 6.18 Å². The van der Waals surface area contributed by atoms with Gasteiger partial charge in [-0.05, 0) is 67.7 Å². The Hall–Kier alpha value is -5.06. The largest absolute Gasteiger partial charge is 0.416 e. The summed E-state index contributed by atoms with van der Waals surface area (Å²) in [7, 11) is 0. The lowest BCUT2D eigenvalue weighted by Gasteiger charge is -2.14. The Bertz CT molecular complexity index is 2280. The molecule has 2 aromatic carbocycles. The Morgan fingerprint density at radius 2 is 2.00 bits per heavy atom. The van der Waals surface area contributed by atoms with Crippen LogP contribution in [0.5, 0.6) is 0 Å². The number of anilines is 3. The molecule has 8 nitrogen and oxygen atoms in total. The van der Waals surface area contributed by atoms with Crippen molar-refractivity contribution in [2.24, 2.45) is 0 Å². The van der Waals surface area contributed by atoms with E-state index in [4.69, 9.17) is 17.8 Å². The van der Waals surface area contributed by atoms with Gasteiger partial charge < -0.3 is 15.2 Å². The molecule has 3 aromatic heterocycles. The van der Waals surface area contributed by atoms with Gasteiger partial charge in [0.25, 0.3) is 5.91 Å². The number of pyridine rings is 1. The van der Waals surface area contributed by atoms with Crippen LogP contribution in [0.25, 0.3) is 16.9 Å². The zero-order chi connectivity index (χ0) is 38.8. The van der Waals surface area contributed by atoms with Gasteiger partial charge in [0.1, 0.15) is 1.37 Å². The minimum absolute atomic E-state index is 0.153. The fraction of sp³-hybridized carbons (Fsp3) is 0.107. The molecule has 0 radical (unpaired) electrons. The molecule has 0 saturated carbocycles. The molecule has 0 aliphatic carbocycles. The molecule has 2 N–H and O–H groups in total. The highest BCUT2D eigenvalue weighted by Crippen LogP contribution is 2.33. The maximum absolute atomic E-state index is 14.3. The van der Waals surface area contributed by atoms with E-state index < -0.39 is 120 Å². The highest BCUT2D eigenvalue weighted by molar-refractivity contribution is 6.05. The summed E-state index contributed by atoms with van der Waals surface area (Å²) in [5, 5.41) is 4.24. The molecule has 196 valence electrons. The summed E-state index contributed by atoms with van der Waals surface area (Å²) in [5.74, 6) is -2.23. The molecular weight excluding hydrogens is 507 g/mol. The summed E-state index contributed by atoms with van der Waals surface area (Å²) < 4.78 is 150. The summed E-state index contributed by atoms with van der Waals surface area (Å²) in [6.45, 7) is -1.99. The minimum atomic E-state index is -5.44. The minimum Gasteiger partial charge on any atom is -0.324 e. The van der Waals surface area contributed by atoms with Crippen LogP contribution in [0.3, 0.4) is 0 Å². The number of benzene rings is 2. The van der Waals surface area contributed by atoms with Gasteiger partial charge in [0.15, 0.2) is 0 Å². The first-order valence-electron chi connectivity index (χ1n) is 17.3. The van der Waals surface area contributed by atoms with Crippen LogP contribution in [0.15, 0.2) is 85.5 Å². The number of nitrogens with zero attached hydrogens (tertiary/aromatic N) is 5. The Balaban J connectivity index is 1.72. The molecule has 0 bridgehead atoms. The molecule has 0 unspecified atom stereocenters. The molecule has 5 rings (SSSR count). The molecule has 1 amide bonds. The first kappa shape index (κ1) is 14.2. The number of alkyl halides is 3. The van der Waals surface area contributed by atoms with E-state index in [-0.39, 0.29) is 17.0 Å². The van der Waals surface area contributed by atoms with E-state index in [1.165, 1.54) is 31.5 Å². The lowest BCUT2D eigenvalue weighted by molar-refractivity contribution is -0.137. The standard InChI is InChI=1S/C28H22F3N7O/c1-17-5-6-19(10-25(17)37-27-33-9-7-24(36-27)20-4-3-8-32-14-20)26(39)35-22-11-21(28(29,30)31)12-23(13-22)38-15-18(2)34-16-38/h3-16H,1-2H3,(H,35,39)(H,33,36,37)/i1D3,5D,6D,7D,9D,10D,11D,12D,13D,15D,16D. The number of rotatable bonds is 6. The Morgan fingerprint density at radius 3 is 2.72 bits per heavy atom. The Labute approximate surface area is 239 Å². The van der Waals surface area contributed by atoms with Crippen molar-refractivity contribution in [2.45, 2.75) is 20.0 Å². The van der Waals surface area contributed by atoms with E-state index in [9.17, 15) is 18.0 Å². The number of carbonyl (C=O) groups excluding carboxylic acids is 1. The highest BCUT2D eigenvalue weighted by atomic mass is 19.4. The highest BCUT2D eigenvalue weighted by Gasteiger charge is 2.31. The predicted octanol–water partition coefficient (Wildman–Crippen LogP) is 6.36. The van der Waals surface area contributed by atoms with Crippen LogP contribution < -0.4 is 10.6 Å². The molecule has 0 aliphatic rings. The van der Waals surface area contributed by atoms with Gasteiger partial charge in [0.05, 0.1) is 35.6 Å². The zero-order valence-electron chi connectivity index (χ0n) is 32.6. The van der Waals surface area contributed by atoms with Crippen LogP contribution >= 0.6 is 0 Å². The molecule has 11 heteroatoms. The van der Waals surface area contributed by atoms with Gasteiger partial charge in [-0.15, -0.1) is 0 Å². The summed E-state index contributed by atoms with van der Waals surface area (Å²) in [6.07, 6.45) is -4.89. The molecule has 39 heavy (non-hydrogen) atoms. The van der Waals surface area contributed by atoms with Crippen LogP contribution in [0.2, 0.25) is 0 Å². The fourth-order valence-corrected chi connectivity index (χ4v) is 3.10. The van der Waals surface area contributed by atoms with E-state index in [0.29, 0.717) is 4.57 Å². The second-order valence-corrected chi connectivity index (χ2v) is 7.67. The number of carbonyl (C=O) groups is 1. The quantitative estimate of drug-likeness (QED) is 0.259. The van der Waals surface area contributed by atoms with Crippen molar-refractivity contribution in [1.82, 2.24) is 24.5 Å². The molecule has 0 atom stereocenters. The number of hydrogen-bond acceptors (Lipinski definition) is 6. The SMILES string of the molecule is [2H]c1nc(Nc2c([2H])c(C(=O)Nc3c([2H])c(-n4c([2H])nc(C)c4[2H])c([2H])c(C(F)(F)F)c3[2H])c([2H])c([2H])c2C([2H])([2H])[2H])nc(-c2cccnc2)c1[2H]. The number of nitrogens with one attached hydrogen (secondary N) is 2. The zero-order valence-corrected chi connectivity index (χ0v) is 19.6. The van der Waals surface area contributed by atoms with Crippen molar-refractivity contribution in [3.05, 3.63) is 108 Å². The first-order valence-corrected chi connectivity index (χ1v) is 10.8. The molecule has 0 fully saturated rings. The van der Waals surface area contributed by atoms with Crippen LogP contribution in [0, 0.1) is 13.8 Å². The smallest absolute Gasteiger partial charge is 0.324 e. The van der Waals surface area contributed by atoms with Gasteiger partial charge in [-0.3, -0.25) is 9.78 Å². The number of amides is 1. The third-order valence-electron chi connectivity index (χ3n) is 4.84. The van der Waals surface area contributed by atoms with E-state index >= 15 is 0 Å². The normalized spacial score (nSPS) is 16.4. The van der Waals surface area contributed by atoms with Crippen molar-refractivity contribution in [2.75, 3.05) is 10.6 Å². The molecule has 5 aromatic rings. The average molecular weight is 543 g/mol. The summed E-state index contributed by atoms with van der Waals surface area (Å²) in [4.78, 5) is 29.2. The number of imidazole rings is 1. The van der Waals surface area contributed by atoms with Crippen molar-refractivity contribution < 1.29 is 35.8 Å². The van der Waals surface area contributed by atoms with Crippen molar-refractivity contribution in [1.29, 1.82) is 0 Å². The van der Waals surface area contributed by atoms with E-state index in [1.807, 2.05) is 5.32 Å². The number of aryl methyl sites for hydroxylation is 1. The number of hydrogen-bond donors (Lipinski definition) is 2. The second-order valence-electron chi connectivity index (χ2n) is 7.67. The molecular formula is C28H22F3N7O. The van der Waals surface area contributed by atoms with Crippen LogP contribution in [0.1, 0.15) is 45.0 Å². The molecule has 0 saturated heterocycles. The first-order chi connectivity index (χ1) is 24.1. The monoisotopic (exact) mass is 542 g/mol. The predicted molar refractivity (Wildman–Crippen MR) is 141 cm³/mol. The molecule has 0 spiro atoms. The molecule has 0 aliphatic heterocycles. The second kappa shape index (κ2) is 10.4. The van der Waals surface area contributed by atoms with E-state index in [1.54, 1.807) is 0 Å². The van der Waals surface area contributed by atoms with Crippen LogP contribution in [0.4, 0.5) is 30.5 Å². The maximum atomic E-state index is 14.3. The van der Waals surface area contributed by atoms with E-state index in [0.717, 1.165) is 0 Å². The van der Waals surface area contributed by atoms with Crippen molar-refractivity contribution in [3.8, 4) is 16.9 Å². The van der Waals surface area contributed by atoms with Gasteiger partial charge in [-0.25, -0.2) is 15.0 Å². The Morgan fingerprint density at radius 1 is 1.13 bits per heavy atom. The number of aromatic nitrogens is 5. The average Bonchev–Trinajstić information content (AvgIpc) is 3.29. The van der Waals surface area contributed by atoms with Gasteiger partial charge in [0, 0.05) is 57.0 Å². The van der Waals surface area contributed by atoms with Gasteiger partial charge in [-0.2, -0.15) is 13.2 Å². The summed E-state index contributed by atoms with van der Waals surface area (Å²) in [6, 6.07) is -5.12. The van der Waals surface area contributed by atoms with Crippen LogP contribution in [-0.4, -0.2) is 30.4 Å². The maximum Gasteiger partial charge on any atom is 0.416 e. The summed E-state index contributed by atoms with van der Waals surface area (Å²) >= 11 is 0. The summed E-state index contributed by atoms with van der Waals surface area (Å²) in [5.41, 5.74) is -7.23. The third kappa shape index (κ3) is 5.93. The lowest BCUT2D eigenvalue weighted by Crippen LogP contribution is -2.14. The van der Waals surface area contributed by atoms with Crippen LogP contribution in [-0.2, 0) is 6.18 Å². The number of halogens is 3. The van der Waals surface area contributed by atoms with E-state index in [2.05, 4.69) is 25.3 Å². The third-order valence-corrected chi connectivity index (χ3v) is 4.84. The van der Waals surface area contributed by atoms with Crippen molar-refractivity contribution in [3.63, 3.8) is 0 Å². The van der Waals surface area contributed by atoms with Crippen molar-refractivity contribution >= 4 is 23.2 Å². The topological polar surface area (TPSA) is 97.6 Å². The van der Waals surface area contributed by atoms with Gasteiger partial charge in [-0.1, -0.05) is 6.04 Å². The lowest BCUT2D eigenvalue weighted by atomic mass is 10.1.